The number of para-hydroxylation sites is 1. The summed E-state index contributed by atoms with van der Waals surface area (Å²) in [7, 11) is 0. The van der Waals surface area contributed by atoms with E-state index in [4.69, 9.17) is 9.40 Å². The predicted octanol–water partition coefficient (Wildman–Crippen LogP) is 6.09. The largest absolute Gasteiger partial charge is 0.478 e. The number of furan rings is 1. The van der Waals surface area contributed by atoms with Crippen LogP contribution >= 0.6 is 0 Å². The smallest absolute Gasteiger partial charge is 0.336 e. The molecule has 0 spiro atoms. The number of aromatic carboxylic acids is 1. The molecule has 4 nitrogen and oxygen atoms in total. The standard InChI is InChI=1S/C23H21NO3/c1-12(2)15-9-13(3)21-17(10-15)18(23(25)26)11-19(24-21)22-14(4)16-7-5-6-8-20(16)27-22/h5-12H,1-4H3,(H,25,26). The second-order valence-electron chi connectivity index (χ2n) is 7.30. The van der Waals surface area contributed by atoms with Crippen molar-refractivity contribution >= 4 is 27.8 Å². The van der Waals surface area contributed by atoms with Gasteiger partial charge in [0.25, 0.3) is 0 Å². The Morgan fingerprint density at radius 2 is 1.81 bits per heavy atom. The van der Waals surface area contributed by atoms with Gasteiger partial charge in [-0.05, 0) is 49.1 Å². The molecule has 0 saturated carbocycles. The van der Waals surface area contributed by atoms with Crippen molar-refractivity contribution in [1.82, 2.24) is 4.98 Å². The van der Waals surface area contributed by atoms with E-state index in [0.717, 1.165) is 27.7 Å². The Morgan fingerprint density at radius 3 is 2.48 bits per heavy atom. The second kappa shape index (κ2) is 6.23. The van der Waals surface area contributed by atoms with Crippen molar-refractivity contribution in [3.8, 4) is 11.5 Å². The SMILES string of the molecule is Cc1c(-c2cc(C(=O)O)c3cc(C(C)C)cc(C)c3n2)oc2ccccc12. The lowest BCUT2D eigenvalue weighted by molar-refractivity contribution is 0.0699. The van der Waals surface area contributed by atoms with Crippen LogP contribution in [0, 0.1) is 13.8 Å². The highest BCUT2D eigenvalue weighted by Crippen LogP contribution is 2.35. The molecule has 4 rings (SSSR count). The van der Waals surface area contributed by atoms with Crippen molar-refractivity contribution in [3.05, 3.63) is 64.7 Å². The van der Waals surface area contributed by atoms with E-state index in [1.807, 2.05) is 44.2 Å². The van der Waals surface area contributed by atoms with E-state index in [1.54, 1.807) is 6.07 Å². The highest BCUT2D eigenvalue weighted by molar-refractivity contribution is 6.05. The minimum Gasteiger partial charge on any atom is -0.478 e. The molecule has 0 aliphatic rings. The lowest BCUT2D eigenvalue weighted by atomic mass is 9.95. The predicted molar refractivity (Wildman–Crippen MR) is 107 cm³/mol. The van der Waals surface area contributed by atoms with Gasteiger partial charge in [-0.15, -0.1) is 0 Å². The highest BCUT2D eigenvalue weighted by Gasteiger charge is 2.19. The number of carboxylic acids is 1. The van der Waals surface area contributed by atoms with Crippen LogP contribution in [0.3, 0.4) is 0 Å². The number of hydrogen-bond acceptors (Lipinski definition) is 3. The van der Waals surface area contributed by atoms with Gasteiger partial charge in [0.05, 0.1) is 11.1 Å². The number of hydrogen-bond donors (Lipinski definition) is 1. The topological polar surface area (TPSA) is 63.3 Å². The molecule has 0 unspecified atom stereocenters. The van der Waals surface area contributed by atoms with Gasteiger partial charge in [-0.3, -0.25) is 0 Å². The minimum absolute atomic E-state index is 0.250. The molecule has 27 heavy (non-hydrogen) atoms. The van der Waals surface area contributed by atoms with Crippen LogP contribution in [0.2, 0.25) is 0 Å². The average Bonchev–Trinajstić information content (AvgIpc) is 2.98. The molecule has 2 heterocycles. The van der Waals surface area contributed by atoms with E-state index < -0.39 is 5.97 Å². The van der Waals surface area contributed by atoms with Crippen LogP contribution in [0.5, 0.6) is 0 Å². The summed E-state index contributed by atoms with van der Waals surface area (Å²) < 4.78 is 6.01. The molecular weight excluding hydrogens is 338 g/mol. The molecule has 1 N–H and O–H groups in total. The first-order valence-corrected chi connectivity index (χ1v) is 9.04. The Balaban J connectivity index is 2.05. The number of carboxylic acid groups (broad SMARTS) is 1. The van der Waals surface area contributed by atoms with Crippen LogP contribution in [0.1, 0.15) is 46.8 Å². The first kappa shape index (κ1) is 17.3. The fourth-order valence-electron chi connectivity index (χ4n) is 3.57. The van der Waals surface area contributed by atoms with Gasteiger partial charge in [0.2, 0.25) is 0 Å². The molecular formula is C23H21NO3. The average molecular weight is 359 g/mol. The maximum Gasteiger partial charge on any atom is 0.336 e. The fourth-order valence-corrected chi connectivity index (χ4v) is 3.57. The molecule has 136 valence electrons. The summed E-state index contributed by atoms with van der Waals surface area (Å²) >= 11 is 0. The maximum atomic E-state index is 12.0. The van der Waals surface area contributed by atoms with Crippen molar-refractivity contribution in [2.45, 2.75) is 33.6 Å². The van der Waals surface area contributed by atoms with Crippen molar-refractivity contribution in [3.63, 3.8) is 0 Å². The van der Waals surface area contributed by atoms with Crippen LogP contribution < -0.4 is 0 Å². The Hall–Kier alpha value is -3.14. The second-order valence-corrected chi connectivity index (χ2v) is 7.30. The van der Waals surface area contributed by atoms with Crippen molar-refractivity contribution in [2.24, 2.45) is 0 Å². The third kappa shape index (κ3) is 2.78. The molecule has 0 saturated heterocycles. The lowest BCUT2D eigenvalue weighted by Gasteiger charge is -2.13. The zero-order chi connectivity index (χ0) is 19.3. The van der Waals surface area contributed by atoms with Crippen molar-refractivity contribution < 1.29 is 14.3 Å². The van der Waals surface area contributed by atoms with E-state index in [0.29, 0.717) is 28.3 Å². The molecule has 2 aromatic heterocycles. The van der Waals surface area contributed by atoms with E-state index in [2.05, 4.69) is 19.9 Å². The number of aromatic nitrogens is 1. The van der Waals surface area contributed by atoms with Crippen molar-refractivity contribution in [1.29, 1.82) is 0 Å². The lowest BCUT2D eigenvalue weighted by Crippen LogP contribution is -2.02. The molecule has 0 atom stereocenters. The Morgan fingerprint density at radius 1 is 1.07 bits per heavy atom. The highest BCUT2D eigenvalue weighted by atomic mass is 16.4. The third-order valence-corrected chi connectivity index (χ3v) is 5.10. The zero-order valence-electron chi connectivity index (χ0n) is 15.8. The van der Waals surface area contributed by atoms with Crippen LogP contribution in [-0.4, -0.2) is 16.1 Å². The van der Waals surface area contributed by atoms with Gasteiger partial charge in [-0.1, -0.05) is 38.1 Å². The van der Waals surface area contributed by atoms with Gasteiger partial charge in [-0.25, -0.2) is 9.78 Å². The number of fused-ring (bicyclic) bond motifs is 2. The molecule has 4 aromatic rings. The van der Waals surface area contributed by atoms with Gasteiger partial charge < -0.3 is 9.52 Å². The number of nitrogens with zero attached hydrogens (tertiary/aromatic N) is 1. The van der Waals surface area contributed by atoms with Gasteiger partial charge in [0, 0.05) is 16.3 Å². The van der Waals surface area contributed by atoms with E-state index in [-0.39, 0.29) is 5.56 Å². The molecule has 2 aromatic carbocycles. The summed E-state index contributed by atoms with van der Waals surface area (Å²) in [6, 6.07) is 13.4. The summed E-state index contributed by atoms with van der Waals surface area (Å²) in [5.41, 5.74) is 5.32. The number of carbonyl (C=O) groups is 1. The van der Waals surface area contributed by atoms with Crippen LogP contribution in [0.15, 0.2) is 46.9 Å². The monoisotopic (exact) mass is 359 g/mol. The summed E-state index contributed by atoms with van der Waals surface area (Å²) in [5, 5.41) is 11.5. The molecule has 0 aliphatic carbocycles. The molecule has 0 bridgehead atoms. The quantitative estimate of drug-likeness (QED) is 0.481. The first-order valence-electron chi connectivity index (χ1n) is 9.04. The summed E-state index contributed by atoms with van der Waals surface area (Å²) in [5.74, 6) is -0.0299. The Labute approximate surface area is 157 Å². The third-order valence-electron chi connectivity index (χ3n) is 5.10. The van der Waals surface area contributed by atoms with Gasteiger partial charge in [0.15, 0.2) is 5.76 Å². The summed E-state index contributed by atoms with van der Waals surface area (Å²) in [6.07, 6.45) is 0. The number of aryl methyl sites for hydroxylation is 2. The van der Waals surface area contributed by atoms with E-state index in [1.165, 1.54) is 0 Å². The van der Waals surface area contributed by atoms with Crippen molar-refractivity contribution in [2.75, 3.05) is 0 Å². The van der Waals surface area contributed by atoms with Crippen LogP contribution in [0.4, 0.5) is 0 Å². The fraction of sp³-hybridized carbons (Fsp3) is 0.217. The number of benzene rings is 2. The molecule has 0 aliphatic heterocycles. The Bertz CT molecular complexity index is 1200. The van der Waals surface area contributed by atoms with Crippen LogP contribution in [0.25, 0.3) is 33.3 Å². The maximum absolute atomic E-state index is 12.0. The molecule has 0 fully saturated rings. The number of pyridine rings is 1. The van der Waals surface area contributed by atoms with Gasteiger partial charge >= 0.3 is 5.97 Å². The first-order chi connectivity index (χ1) is 12.9. The van der Waals surface area contributed by atoms with Gasteiger partial charge in [-0.2, -0.15) is 0 Å². The molecule has 0 amide bonds. The molecule has 0 radical (unpaired) electrons. The van der Waals surface area contributed by atoms with E-state index in [9.17, 15) is 9.90 Å². The normalized spacial score (nSPS) is 11.6. The van der Waals surface area contributed by atoms with E-state index >= 15 is 0 Å². The van der Waals surface area contributed by atoms with Gasteiger partial charge in [0.1, 0.15) is 11.3 Å². The molecule has 4 heteroatoms. The minimum atomic E-state index is -0.960. The van der Waals surface area contributed by atoms with Crippen LogP contribution in [-0.2, 0) is 0 Å². The summed E-state index contributed by atoms with van der Waals surface area (Å²) in [4.78, 5) is 16.8. The summed E-state index contributed by atoms with van der Waals surface area (Å²) in [6.45, 7) is 8.14. The Kier molecular flexibility index (Phi) is 3.99. The number of rotatable bonds is 3. The zero-order valence-corrected chi connectivity index (χ0v) is 15.8.